The van der Waals surface area contributed by atoms with Crippen molar-refractivity contribution < 1.29 is 16.8 Å². The largest absolute Gasteiger partial charge is 0.278 e. The fraction of sp³-hybridized carbons (Fsp3) is 0.0769. The molecule has 118 valence electrons. The van der Waals surface area contributed by atoms with Crippen LogP contribution in [0.1, 0.15) is 5.56 Å². The molecule has 9 heteroatoms. The van der Waals surface area contributed by atoms with Crippen LogP contribution >= 0.6 is 15.9 Å². The first-order chi connectivity index (χ1) is 10.1. The lowest BCUT2D eigenvalue weighted by Gasteiger charge is -2.10. The van der Waals surface area contributed by atoms with Gasteiger partial charge in [-0.15, -0.1) is 0 Å². The van der Waals surface area contributed by atoms with Crippen molar-refractivity contribution >= 4 is 41.7 Å². The second-order valence-electron chi connectivity index (χ2n) is 4.61. The van der Waals surface area contributed by atoms with Gasteiger partial charge in [0.25, 0.3) is 10.0 Å². The van der Waals surface area contributed by atoms with E-state index in [1.165, 1.54) is 12.1 Å². The molecule has 0 aliphatic rings. The molecule has 0 radical (unpaired) electrons. The summed E-state index contributed by atoms with van der Waals surface area (Å²) in [5.41, 5.74) is 1.37. The summed E-state index contributed by atoms with van der Waals surface area (Å²) < 4.78 is 50.0. The molecule has 0 saturated carbocycles. The molecule has 0 unspecified atom stereocenters. The number of sulfonamides is 2. The van der Waals surface area contributed by atoms with Gasteiger partial charge >= 0.3 is 0 Å². The minimum Gasteiger partial charge on any atom is -0.278 e. The zero-order valence-corrected chi connectivity index (χ0v) is 14.7. The predicted octanol–water partition coefficient (Wildman–Crippen LogP) is 2.21. The fourth-order valence-corrected chi connectivity index (χ4v) is 4.03. The second-order valence-corrected chi connectivity index (χ2v) is 8.70. The topological polar surface area (TPSA) is 106 Å². The molecular weight excluding hydrogens is 392 g/mol. The predicted molar refractivity (Wildman–Crippen MR) is 87.5 cm³/mol. The molecule has 2 aromatic rings. The van der Waals surface area contributed by atoms with Crippen molar-refractivity contribution in [2.24, 2.45) is 5.14 Å². The van der Waals surface area contributed by atoms with E-state index in [9.17, 15) is 16.8 Å². The van der Waals surface area contributed by atoms with E-state index < -0.39 is 20.0 Å². The highest BCUT2D eigenvalue weighted by Crippen LogP contribution is 2.26. The standard InChI is InChI=1S/C13H13BrN2O4S2/c1-9-2-7-13(12(14)8-9)16-22(19,20)11-5-3-10(4-6-11)21(15,17)18/h2-8,16H,1H3,(H2,15,17,18). The molecule has 0 spiro atoms. The van der Waals surface area contributed by atoms with Crippen LogP contribution in [0.2, 0.25) is 0 Å². The number of nitrogens with two attached hydrogens (primary N) is 1. The Kier molecular flexibility index (Phi) is 4.62. The maximum absolute atomic E-state index is 12.3. The van der Waals surface area contributed by atoms with Crippen molar-refractivity contribution in [1.82, 2.24) is 0 Å². The number of nitrogens with one attached hydrogen (secondary N) is 1. The third kappa shape index (κ3) is 3.86. The third-order valence-corrected chi connectivity index (χ3v) is 5.80. The molecule has 0 aliphatic heterocycles. The molecular formula is C13H13BrN2O4S2. The van der Waals surface area contributed by atoms with Gasteiger partial charge in [0.05, 0.1) is 15.5 Å². The van der Waals surface area contributed by atoms with Crippen LogP contribution in [0, 0.1) is 6.92 Å². The van der Waals surface area contributed by atoms with E-state index in [4.69, 9.17) is 5.14 Å². The number of hydrogen-bond acceptors (Lipinski definition) is 4. The summed E-state index contributed by atoms with van der Waals surface area (Å²) in [6.45, 7) is 1.88. The maximum Gasteiger partial charge on any atom is 0.261 e. The van der Waals surface area contributed by atoms with Crippen molar-refractivity contribution in [2.45, 2.75) is 16.7 Å². The monoisotopic (exact) mass is 404 g/mol. The lowest BCUT2D eigenvalue weighted by Crippen LogP contribution is -2.15. The van der Waals surface area contributed by atoms with Crippen molar-refractivity contribution in [1.29, 1.82) is 0 Å². The van der Waals surface area contributed by atoms with Crippen LogP contribution < -0.4 is 9.86 Å². The van der Waals surface area contributed by atoms with E-state index >= 15 is 0 Å². The van der Waals surface area contributed by atoms with Crippen LogP contribution in [0.5, 0.6) is 0 Å². The first kappa shape index (κ1) is 16.9. The van der Waals surface area contributed by atoms with Crippen LogP contribution in [0.15, 0.2) is 56.7 Å². The summed E-state index contributed by atoms with van der Waals surface area (Å²) >= 11 is 3.29. The number of anilines is 1. The molecule has 22 heavy (non-hydrogen) atoms. The highest BCUT2D eigenvalue weighted by Gasteiger charge is 2.17. The van der Waals surface area contributed by atoms with E-state index in [0.29, 0.717) is 10.2 Å². The Labute approximate surface area is 137 Å². The van der Waals surface area contributed by atoms with Gasteiger partial charge in [-0.25, -0.2) is 22.0 Å². The first-order valence-corrected chi connectivity index (χ1v) is 9.84. The van der Waals surface area contributed by atoms with E-state index in [-0.39, 0.29) is 9.79 Å². The van der Waals surface area contributed by atoms with Gasteiger partial charge in [0.15, 0.2) is 0 Å². The second kappa shape index (κ2) is 5.99. The Bertz CT molecular complexity index is 908. The average molecular weight is 405 g/mol. The number of benzene rings is 2. The van der Waals surface area contributed by atoms with Gasteiger partial charge in [-0.1, -0.05) is 6.07 Å². The van der Waals surface area contributed by atoms with Crippen LogP contribution in [-0.4, -0.2) is 16.8 Å². The number of primary sulfonamides is 1. The third-order valence-electron chi connectivity index (χ3n) is 2.83. The smallest absolute Gasteiger partial charge is 0.261 e. The number of hydrogen-bond donors (Lipinski definition) is 2. The van der Waals surface area contributed by atoms with Crippen LogP contribution in [0.25, 0.3) is 0 Å². The van der Waals surface area contributed by atoms with E-state index in [2.05, 4.69) is 20.7 Å². The number of aryl methyl sites for hydroxylation is 1. The van der Waals surface area contributed by atoms with Crippen molar-refractivity contribution in [3.63, 3.8) is 0 Å². The zero-order valence-electron chi connectivity index (χ0n) is 11.4. The van der Waals surface area contributed by atoms with Crippen LogP contribution in [0.4, 0.5) is 5.69 Å². The average Bonchev–Trinajstić information content (AvgIpc) is 2.41. The maximum atomic E-state index is 12.3. The lowest BCUT2D eigenvalue weighted by atomic mass is 10.2. The van der Waals surface area contributed by atoms with E-state index in [1.807, 2.05) is 6.92 Å². The van der Waals surface area contributed by atoms with Gasteiger partial charge in [-0.3, -0.25) is 4.72 Å². The minimum atomic E-state index is -3.86. The van der Waals surface area contributed by atoms with Crippen molar-refractivity contribution in [3.8, 4) is 0 Å². The molecule has 0 bridgehead atoms. The Balaban J connectivity index is 2.34. The Hall–Kier alpha value is -1.42. The molecule has 2 aromatic carbocycles. The summed E-state index contributed by atoms with van der Waals surface area (Å²) in [7, 11) is -7.68. The summed E-state index contributed by atoms with van der Waals surface area (Å²) in [5.74, 6) is 0. The SMILES string of the molecule is Cc1ccc(NS(=O)(=O)c2ccc(S(N)(=O)=O)cc2)c(Br)c1. The van der Waals surface area contributed by atoms with Gasteiger partial charge in [0.2, 0.25) is 10.0 Å². The molecule has 3 N–H and O–H groups in total. The van der Waals surface area contributed by atoms with Crippen molar-refractivity contribution in [2.75, 3.05) is 4.72 Å². The highest BCUT2D eigenvalue weighted by molar-refractivity contribution is 9.10. The highest BCUT2D eigenvalue weighted by atomic mass is 79.9. The number of halogens is 1. The van der Waals surface area contributed by atoms with Gasteiger partial charge < -0.3 is 0 Å². The van der Waals surface area contributed by atoms with Gasteiger partial charge in [-0.2, -0.15) is 0 Å². The summed E-state index contributed by atoms with van der Waals surface area (Å²) in [6, 6.07) is 9.85. The van der Waals surface area contributed by atoms with E-state index in [0.717, 1.165) is 17.7 Å². The van der Waals surface area contributed by atoms with Crippen LogP contribution in [-0.2, 0) is 20.0 Å². The van der Waals surface area contributed by atoms with Gasteiger partial charge in [0, 0.05) is 4.47 Å². The Morgan fingerprint density at radius 1 is 0.955 bits per heavy atom. The van der Waals surface area contributed by atoms with Crippen LogP contribution in [0.3, 0.4) is 0 Å². The minimum absolute atomic E-state index is 0.0626. The summed E-state index contributed by atoms with van der Waals surface area (Å²) in [5, 5.41) is 4.97. The molecule has 0 heterocycles. The molecule has 6 nitrogen and oxygen atoms in total. The molecule has 0 aliphatic carbocycles. The Morgan fingerprint density at radius 2 is 1.50 bits per heavy atom. The summed E-state index contributed by atoms with van der Waals surface area (Å²) in [4.78, 5) is -0.213. The quantitative estimate of drug-likeness (QED) is 0.813. The normalized spacial score (nSPS) is 12.1. The Morgan fingerprint density at radius 3 is 2.00 bits per heavy atom. The number of rotatable bonds is 4. The summed E-state index contributed by atoms with van der Waals surface area (Å²) in [6.07, 6.45) is 0. The molecule has 0 atom stereocenters. The first-order valence-electron chi connectivity index (χ1n) is 6.01. The lowest BCUT2D eigenvalue weighted by molar-refractivity contribution is 0.595. The van der Waals surface area contributed by atoms with Gasteiger partial charge in [0.1, 0.15) is 0 Å². The molecule has 0 fully saturated rings. The molecule has 2 rings (SSSR count). The molecule has 0 amide bonds. The van der Waals surface area contributed by atoms with E-state index in [1.54, 1.807) is 18.2 Å². The molecule has 0 saturated heterocycles. The fourth-order valence-electron chi connectivity index (χ4n) is 1.72. The zero-order chi connectivity index (χ0) is 16.5. The molecule has 0 aromatic heterocycles. The van der Waals surface area contributed by atoms with Crippen molar-refractivity contribution in [3.05, 3.63) is 52.5 Å². The van der Waals surface area contributed by atoms with Gasteiger partial charge in [-0.05, 0) is 64.8 Å².